The predicted octanol–water partition coefficient (Wildman–Crippen LogP) is 0.730. The SMILES string of the molecule is CC1(O)CN(C(=O)Cc2ccccc2[N+](=O)[O-])C1. The summed E-state index contributed by atoms with van der Waals surface area (Å²) < 4.78 is 0. The Morgan fingerprint density at radius 3 is 2.67 bits per heavy atom. The van der Waals surface area contributed by atoms with Crippen molar-refractivity contribution in [2.45, 2.75) is 18.9 Å². The number of benzene rings is 1. The fraction of sp³-hybridized carbons (Fsp3) is 0.417. The van der Waals surface area contributed by atoms with Crippen molar-refractivity contribution in [1.82, 2.24) is 4.90 Å². The normalized spacial score (nSPS) is 17.1. The van der Waals surface area contributed by atoms with Crippen molar-refractivity contribution in [3.63, 3.8) is 0 Å². The molecule has 6 nitrogen and oxygen atoms in total. The Labute approximate surface area is 104 Å². The molecule has 1 aliphatic heterocycles. The van der Waals surface area contributed by atoms with Crippen LogP contribution in [0.25, 0.3) is 0 Å². The number of nitro groups is 1. The maximum absolute atomic E-state index is 11.8. The Balaban J connectivity index is 2.06. The number of para-hydroxylation sites is 1. The summed E-state index contributed by atoms with van der Waals surface area (Å²) in [5, 5.41) is 20.3. The van der Waals surface area contributed by atoms with Crippen LogP contribution in [0.2, 0.25) is 0 Å². The van der Waals surface area contributed by atoms with E-state index in [1.165, 1.54) is 11.0 Å². The lowest BCUT2D eigenvalue weighted by Gasteiger charge is -2.44. The van der Waals surface area contributed by atoms with Gasteiger partial charge >= 0.3 is 0 Å². The van der Waals surface area contributed by atoms with E-state index in [-0.39, 0.29) is 31.1 Å². The topological polar surface area (TPSA) is 83.7 Å². The molecule has 1 aromatic carbocycles. The number of nitro benzene ring substituents is 1. The van der Waals surface area contributed by atoms with Crippen LogP contribution in [0.15, 0.2) is 24.3 Å². The number of carbonyl (C=O) groups is 1. The van der Waals surface area contributed by atoms with Crippen LogP contribution in [0.4, 0.5) is 5.69 Å². The third kappa shape index (κ3) is 2.48. The minimum Gasteiger partial charge on any atom is -0.386 e. The zero-order chi connectivity index (χ0) is 13.3. The molecule has 0 atom stereocenters. The second-order valence-electron chi connectivity index (χ2n) is 4.81. The number of hydrogen-bond acceptors (Lipinski definition) is 4. The predicted molar refractivity (Wildman–Crippen MR) is 64.0 cm³/mol. The largest absolute Gasteiger partial charge is 0.386 e. The van der Waals surface area contributed by atoms with Crippen LogP contribution in [0.5, 0.6) is 0 Å². The maximum atomic E-state index is 11.8. The summed E-state index contributed by atoms with van der Waals surface area (Å²) in [4.78, 5) is 23.7. The van der Waals surface area contributed by atoms with Gasteiger partial charge in [-0.2, -0.15) is 0 Å². The molecule has 6 heteroatoms. The first-order valence-corrected chi connectivity index (χ1v) is 5.61. The quantitative estimate of drug-likeness (QED) is 0.633. The Kier molecular flexibility index (Phi) is 3.04. The summed E-state index contributed by atoms with van der Waals surface area (Å²) in [5.41, 5.74) is -0.463. The highest BCUT2D eigenvalue weighted by Crippen LogP contribution is 2.23. The number of hydrogen-bond donors (Lipinski definition) is 1. The van der Waals surface area contributed by atoms with E-state index in [4.69, 9.17) is 0 Å². The van der Waals surface area contributed by atoms with Gasteiger partial charge < -0.3 is 10.0 Å². The summed E-state index contributed by atoms with van der Waals surface area (Å²) >= 11 is 0. The first kappa shape index (κ1) is 12.5. The van der Waals surface area contributed by atoms with Crippen LogP contribution >= 0.6 is 0 Å². The number of rotatable bonds is 3. The minimum atomic E-state index is -0.821. The molecular formula is C12H14N2O4. The van der Waals surface area contributed by atoms with Crippen LogP contribution in [0, 0.1) is 10.1 Å². The van der Waals surface area contributed by atoms with Gasteiger partial charge in [-0.15, -0.1) is 0 Å². The lowest BCUT2D eigenvalue weighted by atomic mass is 9.96. The molecule has 0 saturated carbocycles. The van der Waals surface area contributed by atoms with Gasteiger partial charge in [-0.25, -0.2) is 0 Å². The third-order valence-electron chi connectivity index (χ3n) is 2.95. The fourth-order valence-electron chi connectivity index (χ4n) is 2.07. The van der Waals surface area contributed by atoms with E-state index < -0.39 is 10.5 Å². The molecule has 0 radical (unpaired) electrons. The highest BCUT2D eigenvalue weighted by molar-refractivity contribution is 5.81. The molecule has 1 amide bonds. The summed E-state index contributed by atoms with van der Waals surface area (Å²) in [6, 6.07) is 6.20. The molecule has 0 spiro atoms. The van der Waals surface area contributed by atoms with Crippen LogP contribution in [-0.4, -0.2) is 39.5 Å². The van der Waals surface area contributed by atoms with Gasteiger partial charge in [0.1, 0.15) is 0 Å². The molecule has 1 fully saturated rings. The maximum Gasteiger partial charge on any atom is 0.273 e. The van der Waals surface area contributed by atoms with Gasteiger partial charge in [-0.1, -0.05) is 18.2 Å². The zero-order valence-electron chi connectivity index (χ0n) is 10.00. The first-order chi connectivity index (χ1) is 8.39. The summed E-state index contributed by atoms with van der Waals surface area (Å²) in [6.07, 6.45) is -0.00671. The van der Waals surface area contributed by atoms with E-state index in [2.05, 4.69) is 0 Å². The third-order valence-corrected chi connectivity index (χ3v) is 2.95. The van der Waals surface area contributed by atoms with E-state index in [1.807, 2.05) is 0 Å². The molecule has 0 unspecified atom stereocenters. The molecule has 1 saturated heterocycles. The number of nitrogens with zero attached hydrogens (tertiary/aromatic N) is 2. The number of amides is 1. The fourth-order valence-corrected chi connectivity index (χ4v) is 2.07. The Bertz CT molecular complexity index is 491. The monoisotopic (exact) mass is 250 g/mol. The number of β-amino-alcohol motifs (C(OH)–C–C–N with tert-alkyl or cyclic N) is 1. The zero-order valence-corrected chi connectivity index (χ0v) is 10.00. The van der Waals surface area contributed by atoms with Crippen molar-refractivity contribution in [3.8, 4) is 0 Å². The number of aliphatic hydroxyl groups is 1. The molecule has 2 rings (SSSR count). The average molecular weight is 250 g/mol. The van der Waals surface area contributed by atoms with Crippen molar-refractivity contribution in [3.05, 3.63) is 39.9 Å². The van der Waals surface area contributed by atoms with Crippen molar-refractivity contribution < 1.29 is 14.8 Å². The molecule has 0 aliphatic carbocycles. The van der Waals surface area contributed by atoms with Gasteiger partial charge in [0.15, 0.2) is 0 Å². The molecule has 0 bridgehead atoms. The Morgan fingerprint density at radius 1 is 1.50 bits per heavy atom. The van der Waals surface area contributed by atoms with Crippen LogP contribution in [0.3, 0.4) is 0 Å². The van der Waals surface area contributed by atoms with Gasteiger partial charge in [0, 0.05) is 11.6 Å². The van der Waals surface area contributed by atoms with Crippen LogP contribution in [-0.2, 0) is 11.2 Å². The Morgan fingerprint density at radius 2 is 2.11 bits per heavy atom. The van der Waals surface area contributed by atoms with Crippen molar-refractivity contribution in [1.29, 1.82) is 0 Å². The van der Waals surface area contributed by atoms with Crippen molar-refractivity contribution in [2.75, 3.05) is 13.1 Å². The number of carbonyl (C=O) groups excluding carboxylic acids is 1. The lowest BCUT2D eigenvalue weighted by molar-refractivity contribution is -0.385. The minimum absolute atomic E-state index is 0.00671. The molecule has 1 aromatic rings. The van der Waals surface area contributed by atoms with Crippen LogP contribution in [0.1, 0.15) is 12.5 Å². The van der Waals surface area contributed by atoms with Crippen molar-refractivity contribution in [2.24, 2.45) is 0 Å². The van der Waals surface area contributed by atoms with Gasteiger partial charge in [0.25, 0.3) is 5.69 Å². The van der Waals surface area contributed by atoms with Gasteiger partial charge in [0.2, 0.25) is 5.91 Å². The van der Waals surface area contributed by atoms with E-state index in [1.54, 1.807) is 25.1 Å². The van der Waals surface area contributed by atoms with E-state index in [0.717, 1.165) is 0 Å². The molecule has 1 heterocycles. The lowest BCUT2D eigenvalue weighted by Crippen LogP contribution is -2.62. The summed E-state index contributed by atoms with van der Waals surface area (Å²) in [7, 11) is 0. The molecular weight excluding hydrogens is 236 g/mol. The van der Waals surface area contributed by atoms with Gasteiger partial charge in [-0.05, 0) is 6.92 Å². The molecule has 18 heavy (non-hydrogen) atoms. The Hall–Kier alpha value is -1.95. The first-order valence-electron chi connectivity index (χ1n) is 5.61. The van der Waals surface area contributed by atoms with E-state index in [9.17, 15) is 20.0 Å². The van der Waals surface area contributed by atoms with Crippen LogP contribution < -0.4 is 0 Å². The molecule has 0 aromatic heterocycles. The standard InChI is InChI=1S/C12H14N2O4/c1-12(16)7-13(8-12)11(15)6-9-4-2-3-5-10(9)14(17)18/h2-5,16H,6-8H2,1H3. The van der Waals surface area contributed by atoms with E-state index in [0.29, 0.717) is 5.56 Å². The smallest absolute Gasteiger partial charge is 0.273 e. The van der Waals surface area contributed by atoms with E-state index >= 15 is 0 Å². The van der Waals surface area contributed by atoms with Gasteiger partial charge in [-0.3, -0.25) is 14.9 Å². The van der Waals surface area contributed by atoms with Crippen molar-refractivity contribution >= 4 is 11.6 Å². The summed E-state index contributed by atoms with van der Waals surface area (Å²) in [6.45, 7) is 2.22. The average Bonchev–Trinajstić information content (AvgIpc) is 2.26. The molecule has 1 aliphatic rings. The van der Waals surface area contributed by atoms with Gasteiger partial charge in [0.05, 0.1) is 30.0 Å². The number of likely N-dealkylation sites (tertiary alicyclic amines) is 1. The molecule has 96 valence electrons. The molecule has 1 N–H and O–H groups in total. The second kappa shape index (κ2) is 4.38. The highest BCUT2D eigenvalue weighted by atomic mass is 16.6. The highest BCUT2D eigenvalue weighted by Gasteiger charge is 2.39. The summed E-state index contributed by atoms with van der Waals surface area (Å²) in [5.74, 6) is -0.198. The second-order valence-corrected chi connectivity index (χ2v) is 4.81.